The fourth-order valence-electron chi connectivity index (χ4n) is 3.59. The van der Waals surface area contributed by atoms with Crippen molar-refractivity contribution < 1.29 is 9.90 Å². The van der Waals surface area contributed by atoms with Gasteiger partial charge >= 0.3 is 0 Å². The number of hydrogen-bond acceptors (Lipinski definition) is 2. The average Bonchev–Trinajstić information content (AvgIpc) is 2.69. The van der Waals surface area contributed by atoms with Crippen LogP contribution in [0.25, 0.3) is 0 Å². The molecule has 2 aliphatic rings. The Morgan fingerprint density at radius 2 is 2.21 bits per heavy atom. The first-order chi connectivity index (χ1) is 9.19. The summed E-state index contributed by atoms with van der Waals surface area (Å²) < 4.78 is 0. The Kier molecular flexibility index (Phi) is 3.29. The van der Waals surface area contributed by atoms with Crippen molar-refractivity contribution in [3.63, 3.8) is 0 Å². The van der Waals surface area contributed by atoms with Crippen LogP contribution in [0.4, 0.5) is 5.69 Å². The van der Waals surface area contributed by atoms with Gasteiger partial charge in [-0.25, -0.2) is 0 Å². The van der Waals surface area contributed by atoms with Crippen LogP contribution in [0.5, 0.6) is 5.75 Å². The van der Waals surface area contributed by atoms with Gasteiger partial charge in [0.05, 0.1) is 5.41 Å². The van der Waals surface area contributed by atoms with Crippen LogP contribution >= 0.6 is 15.9 Å². The number of carbonyl (C=O) groups excluding carboxylic acids is 1. The van der Waals surface area contributed by atoms with Crippen molar-refractivity contribution in [2.24, 2.45) is 0 Å². The molecule has 1 atom stereocenters. The van der Waals surface area contributed by atoms with Gasteiger partial charge in [0.1, 0.15) is 5.75 Å². The van der Waals surface area contributed by atoms with E-state index >= 15 is 0 Å². The summed E-state index contributed by atoms with van der Waals surface area (Å²) in [6.45, 7) is 0. The van der Waals surface area contributed by atoms with Gasteiger partial charge < -0.3 is 10.4 Å². The van der Waals surface area contributed by atoms with Crippen LogP contribution in [0.15, 0.2) is 12.1 Å². The van der Waals surface area contributed by atoms with Crippen molar-refractivity contribution in [3.05, 3.63) is 23.3 Å². The van der Waals surface area contributed by atoms with E-state index in [4.69, 9.17) is 0 Å². The minimum absolute atomic E-state index is 0.128. The maximum absolute atomic E-state index is 12.5. The number of alkyl halides is 1. The first-order valence-electron chi connectivity index (χ1n) is 6.92. The minimum Gasteiger partial charge on any atom is -0.508 e. The highest BCUT2D eigenvalue weighted by Crippen LogP contribution is 2.51. The van der Waals surface area contributed by atoms with Crippen LogP contribution in [0.1, 0.15) is 43.2 Å². The predicted molar refractivity (Wildman–Crippen MR) is 79.0 cm³/mol. The Labute approximate surface area is 121 Å². The van der Waals surface area contributed by atoms with Gasteiger partial charge in [0.25, 0.3) is 0 Å². The van der Waals surface area contributed by atoms with Crippen molar-refractivity contribution >= 4 is 27.5 Å². The van der Waals surface area contributed by atoms with Gasteiger partial charge in [-0.05, 0) is 49.8 Å². The third-order valence-electron chi connectivity index (χ3n) is 4.47. The highest BCUT2D eigenvalue weighted by Gasteiger charge is 2.49. The normalized spacial score (nSPS) is 24.2. The number of phenolic OH excluding ortho intramolecular Hbond substituents is 1. The molecule has 0 saturated heterocycles. The fraction of sp³-hybridized carbons (Fsp3) is 0.533. The molecular formula is C15H18BrNO2. The van der Waals surface area contributed by atoms with Gasteiger partial charge in [0, 0.05) is 16.6 Å². The Morgan fingerprint density at radius 1 is 1.37 bits per heavy atom. The van der Waals surface area contributed by atoms with E-state index in [1.165, 1.54) is 0 Å². The highest BCUT2D eigenvalue weighted by atomic mass is 79.9. The van der Waals surface area contributed by atoms with Gasteiger partial charge in [0.15, 0.2) is 0 Å². The number of anilines is 1. The third-order valence-corrected chi connectivity index (χ3v) is 5.03. The van der Waals surface area contributed by atoms with E-state index in [0.29, 0.717) is 5.75 Å². The zero-order chi connectivity index (χ0) is 13.5. The molecule has 102 valence electrons. The molecule has 1 heterocycles. The lowest BCUT2D eigenvalue weighted by atomic mass is 9.68. The molecule has 1 aromatic rings. The van der Waals surface area contributed by atoms with Gasteiger partial charge in [-0.2, -0.15) is 0 Å². The summed E-state index contributed by atoms with van der Waals surface area (Å²) in [4.78, 5) is 12.5. The summed E-state index contributed by atoms with van der Waals surface area (Å²) in [6, 6.07) is 3.54. The Bertz CT molecular complexity index is 529. The molecule has 0 bridgehead atoms. The number of nitrogens with one attached hydrogen (secondary N) is 1. The summed E-state index contributed by atoms with van der Waals surface area (Å²) in [6.07, 6.45) is 5.76. The van der Waals surface area contributed by atoms with E-state index in [-0.39, 0.29) is 11.3 Å². The zero-order valence-electron chi connectivity index (χ0n) is 10.8. The van der Waals surface area contributed by atoms with Crippen LogP contribution in [-0.2, 0) is 16.6 Å². The summed E-state index contributed by atoms with van der Waals surface area (Å²) in [5.74, 6) is 0.475. The Morgan fingerprint density at radius 3 is 3.00 bits per heavy atom. The number of hydrogen-bond donors (Lipinski definition) is 2. The lowest BCUT2D eigenvalue weighted by molar-refractivity contribution is -0.121. The topological polar surface area (TPSA) is 49.3 Å². The van der Waals surface area contributed by atoms with Gasteiger partial charge in [-0.1, -0.05) is 22.4 Å². The molecule has 3 nitrogen and oxygen atoms in total. The Hall–Kier alpha value is -1.03. The number of benzene rings is 1. The van der Waals surface area contributed by atoms with Crippen molar-refractivity contribution in [2.75, 3.05) is 10.6 Å². The standard InChI is InChI=1S/C15H18BrNO2/c16-9-2-1-7-15-8-3-4-10-12(18)6-5-11(13(10)15)17-14(15)19/h5-6,18H,1-4,7-9H2,(H,17,19). The molecule has 2 N–H and O–H groups in total. The SMILES string of the molecule is O=C1Nc2ccc(O)c3c2C1(CCCCBr)CCC3. The molecule has 1 unspecified atom stereocenters. The second kappa shape index (κ2) is 4.82. The lowest BCUT2D eigenvalue weighted by Crippen LogP contribution is -2.37. The molecule has 1 amide bonds. The maximum Gasteiger partial charge on any atom is 0.235 e. The van der Waals surface area contributed by atoms with Crippen LogP contribution in [0.3, 0.4) is 0 Å². The van der Waals surface area contributed by atoms with Crippen molar-refractivity contribution in [1.29, 1.82) is 0 Å². The quantitative estimate of drug-likeness (QED) is 0.506. The molecular weight excluding hydrogens is 306 g/mol. The molecule has 0 saturated carbocycles. The first-order valence-corrected chi connectivity index (χ1v) is 8.04. The number of unbranched alkanes of at least 4 members (excludes halogenated alkanes) is 1. The zero-order valence-corrected chi connectivity index (χ0v) is 12.4. The second-order valence-corrected chi connectivity index (χ2v) is 6.31. The average molecular weight is 324 g/mol. The first kappa shape index (κ1) is 13.0. The molecule has 0 aromatic heterocycles. The molecule has 4 heteroatoms. The summed E-state index contributed by atoms with van der Waals surface area (Å²) in [5, 5.41) is 14.0. The molecule has 1 aliphatic carbocycles. The molecule has 3 rings (SSSR count). The summed E-state index contributed by atoms with van der Waals surface area (Å²) in [5.41, 5.74) is 2.60. The van der Waals surface area contributed by atoms with Gasteiger partial charge in [0.2, 0.25) is 5.91 Å². The number of aromatic hydroxyl groups is 1. The number of halogens is 1. The van der Waals surface area contributed by atoms with E-state index in [1.54, 1.807) is 6.07 Å². The highest BCUT2D eigenvalue weighted by molar-refractivity contribution is 9.09. The van der Waals surface area contributed by atoms with E-state index in [0.717, 1.165) is 60.7 Å². The maximum atomic E-state index is 12.5. The number of carbonyl (C=O) groups is 1. The minimum atomic E-state index is -0.385. The van der Waals surface area contributed by atoms with Crippen LogP contribution in [0.2, 0.25) is 0 Å². The van der Waals surface area contributed by atoms with E-state index < -0.39 is 0 Å². The second-order valence-electron chi connectivity index (χ2n) is 5.52. The number of amides is 1. The molecule has 19 heavy (non-hydrogen) atoms. The van der Waals surface area contributed by atoms with Crippen molar-refractivity contribution in [1.82, 2.24) is 0 Å². The van der Waals surface area contributed by atoms with E-state index in [1.807, 2.05) is 6.07 Å². The van der Waals surface area contributed by atoms with Crippen LogP contribution in [-0.4, -0.2) is 16.3 Å². The molecule has 0 radical (unpaired) electrons. The van der Waals surface area contributed by atoms with Gasteiger partial charge in [-0.3, -0.25) is 4.79 Å². The summed E-state index contributed by atoms with van der Waals surface area (Å²) in [7, 11) is 0. The fourth-order valence-corrected chi connectivity index (χ4v) is 3.98. The Balaban J connectivity index is 2.05. The third kappa shape index (κ3) is 1.88. The monoisotopic (exact) mass is 323 g/mol. The van der Waals surface area contributed by atoms with Crippen molar-refractivity contribution in [2.45, 2.75) is 43.9 Å². The lowest BCUT2D eigenvalue weighted by Gasteiger charge is -2.33. The molecule has 0 spiro atoms. The largest absolute Gasteiger partial charge is 0.508 e. The number of rotatable bonds is 4. The molecule has 0 fully saturated rings. The molecule has 1 aliphatic heterocycles. The van der Waals surface area contributed by atoms with E-state index in [2.05, 4.69) is 21.2 Å². The molecule has 1 aromatic carbocycles. The smallest absolute Gasteiger partial charge is 0.235 e. The van der Waals surface area contributed by atoms with Crippen molar-refractivity contribution in [3.8, 4) is 5.75 Å². The van der Waals surface area contributed by atoms with Crippen LogP contribution < -0.4 is 5.32 Å². The van der Waals surface area contributed by atoms with Gasteiger partial charge in [-0.15, -0.1) is 0 Å². The predicted octanol–water partition coefficient (Wildman–Crippen LogP) is 3.48. The summed E-state index contributed by atoms with van der Waals surface area (Å²) >= 11 is 3.44. The van der Waals surface area contributed by atoms with Crippen LogP contribution in [0, 0.1) is 0 Å². The number of phenols is 1. The van der Waals surface area contributed by atoms with E-state index in [9.17, 15) is 9.90 Å².